The van der Waals surface area contributed by atoms with Gasteiger partial charge in [0.15, 0.2) is 9.84 Å². The first-order valence-electron chi connectivity index (χ1n) is 2.87. The Balaban J connectivity index is 2.67. The molecular formula is C5H4N4OS. The first-order valence-corrected chi connectivity index (χ1v) is 3.69. The van der Waals surface area contributed by atoms with Gasteiger partial charge in [0.1, 0.15) is 5.52 Å². The van der Waals surface area contributed by atoms with Gasteiger partial charge in [-0.25, -0.2) is 4.98 Å². The lowest BCUT2D eigenvalue weighted by atomic mass is 10.6. The maximum Gasteiger partial charge on any atom is 0.277 e. The summed E-state index contributed by atoms with van der Waals surface area (Å²) < 4.78 is 0. The lowest BCUT2D eigenvalue weighted by molar-refractivity contribution is 0.1000. The van der Waals surface area contributed by atoms with E-state index < -0.39 is 5.91 Å². The third-order valence-corrected chi connectivity index (χ3v) is 2.19. The van der Waals surface area contributed by atoms with Crippen LogP contribution in [0.15, 0.2) is 6.20 Å². The van der Waals surface area contributed by atoms with Crippen LogP contribution in [0.2, 0.25) is 0 Å². The number of primary amides is 1. The fraction of sp³-hybridized carbons (Fsp3) is 0. The summed E-state index contributed by atoms with van der Waals surface area (Å²) in [4.78, 5) is 15.2. The normalized spacial score (nSPS) is 10.5. The molecule has 0 aliphatic carbocycles. The van der Waals surface area contributed by atoms with Gasteiger partial charge in [0.25, 0.3) is 5.91 Å². The highest BCUT2D eigenvalue weighted by atomic mass is 32.1. The molecule has 3 N–H and O–H groups in total. The van der Waals surface area contributed by atoms with Crippen LogP contribution >= 0.6 is 11.3 Å². The molecule has 2 rings (SSSR count). The van der Waals surface area contributed by atoms with E-state index in [9.17, 15) is 4.79 Å². The molecule has 0 radical (unpaired) electrons. The Morgan fingerprint density at radius 1 is 1.73 bits per heavy atom. The molecule has 0 bridgehead atoms. The zero-order valence-corrected chi connectivity index (χ0v) is 6.18. The van der Waals surface area contributed by atoms with Crippen LogP contribution in [0.1, 0.15) is 9.80 Å². The van der Waals surface area contributed by atoms with Crippen molar-refractivity contribution >= 4 is 27.6 Å². The zero-order chi connectivity index (χ0) is 7.84. The minimum Gasteiger partial charge on any atom is -0.364 e. The summed E-state index contributed by atoms with van der Waals surface area (Å²) in [6.07, 6.45) is 1.62. The second-order valence-electron chi connectivity index (χ2n) is 1.96. The van der Waals surface area contributed by atoms with Crippen molar-refractivity contribution < 1.29 is 4.79 Å². The molecular weight excluding hydrogens is 164 g/mol. The van der Waals surface area contributed by atoms with Crippen LogP contribution in [0.5, 0.6) is 0 Å². The fourth-order valence-electron chi connectivity index (χ4n) is 0.755. The summed E-state index contributed by atoms with van der Waals surface area (Å²) in [5.41, 5.74) is 5.69. The van der Waals surface area contributed by atoms with E-state index in [1.54, 1.807) is 6.20 Å². The van der Waals surface area contributed by atoms with Crippen LogP contribution in [-0.2, 0) is 0 Å². The molecule has 2 heterocycles. The van der Waals surface area contributed by atoms with Gasteiger partial charge in [-0.2, -0.15) is 5.10 Å². The molecule has 1 amide bonds. The third kappa shape index (κ3) is 0.874. The molecule has 0 saturated heterocycles. The Morgan fingerprint density at radius 3 is 3.18 bits per heavy atom. The van der Waals surface area contributed by atoms with E-state index in [1.807, 2.05) is 0 Å². The number of hydrogen-bond acceptors (Lipinski definition) is 4. The maximum atomic E-state index is 10.6. The number of fused-ring (bicyclic) bond motifs is 1. The molecule has 0 atom stereocenters. The highest BCUT2D eigenvalue weighted by Crippen LogP contribution is 2.17. The summed E-state index contributed by atoms with van der Waals surface area (Å²) in [7, 11) is 0. The van der Waals surface area contributed by atoms with Gasteiger partial charge >= 0.3 is 0 Å². The number of thiazole rings is 1. The van der Waals surface area contributed by atoms with E-state index in [2.05, 4.69) is 15.2 Å². The number of aromatic amines is 1. The second-order valence-corrected chi connectivity index (χ2v) is 2.94. The minimum atomic E-state index is -0.506. The molecule has 5 nitrogen and oxygen atoms in total. The largest absolute Gasteiger partial charge is 0.364 e. The summed E-state index contributed by atoms with van der Waals surface area (Å²) in [5.74, 6) is -0.506. The number of H-pyrrole nitrogens is 1. The molecule has 2 aromatic heterocycles. The first-order chi connectivity index (χ1) is 5.27. The highest BCUT2D eigenvalue weighted by molar-refractivity contribution is 7.19. The van der Waals surface area contributed by atoms with Gasteiger partial charge in [0.2, 0.25) is 0 Å². The monoisotopic (exact) mass is 168 g/mol. The second kappa shape index (κ2) is 2.03. The Bertz CT molecular complexity index is 375. The maximum absolute atomic E-state index is 10.6. The lowest BCUT2D eigenvalue weighted by Crippen LogP contribution is -2.09. The van der Waals surface area contributed by atoms with Crippen molar-refractivity contribution in [3.8, 4) is 0 Å². The van der Waals surface area contributed by atoms with E-state index in [4.69, 9.17) is 5.73 Å². The number of aromatic nitrogens is 3. The lowest BCUT2D eigenvalue weighted by Gasteiger charge is -1.80. The van der Waals surface area contributed by atoms with Crippen LogP contribution in [-0.4, -0.2) is 21.1 Å². The topological polar surface area (TPSA) is 84.7 Å². The number of nitrogens with two attached hydrogens (primary N) is 1. The van der Waals surface area contributed by atoms with Crippen molar-refractivity contribution in [1.82, 2.24) is 15.2 Å². The molecule has 6 heteroatoms. The molecule has 11 heavy (non-hydrogen) atoms. The van der Waals surface area contributed by atoms with Crippen molar-refractivity contribution in [2.75, 3.05) is 0 Å². The predicted octanol–water partition coefficient (Wildman–Crippen LogP) is 0.118. The molecule has 0 aliphatic heterocycles. The number of carbonyl (C=O) groups excluding carboxylic acids is 1. The molecule has 0 aromatic carbocycles. The molecule has 2 aromatic rings. The number of nitrogens with one attached hydrogen (secondary N) is 1. The first kappa shape index (κ1) is 6.29. The number of amides is 1. The Kier molecular flexibility index (Phi) is 1.16. The molecule has 0 unspecified atom stereocenters. The van der Waals surface area contributed by atoms with Crippen LogP contribution in [0, 0.1) is 0 Å². The Labute approximate surface area is 65.2 Å². The van der Waals surface area contributed by atoms with Gasteiger partial charge in [-0.3, -0.25) is 9.89 Å². The van der Waals surface area contributed by atoms with Crippen molar-refractivity contribution in [2.45, 2.75) is 0 Å². The number of rotatable bonds is 1. The summed E-state index contributed by atoms with van der Waals surface area (Å²) in [5, 5.41) is 6.78. The Hall–Kier alpha value is -1.43. The van der Waals surface area contributed by atoms with Crippen LogP contribution < -0.4 is 5.73 Å². The quantitative estimate of drug-likeness (QED) is 0.634. The van der Waals surface area contributed by atoms with Gasteiger partial charge < -0.3 is 5.73 Å². The third-order valence-electron chi connectivity index (χ3n) is 1.21. The highest BCUT2D eigenvalue weighted by Gasteiger charge is 2.08. The van der Waals surface area contributed by atoms with Gasteiger partial charge in [-0.05, 0) is 0 Å². The van der Waals surface area contributed by atoms with Crippen LogP contribution in [0.3, 0.4) is 0 Å². The van der Waals surface area contributed by atoms with Crippen molar-refractivity contribution in [2.24, 2.45) is 5.73 Å². The van der Waals surface area contributed by atoms with Gasteiger partial charge in [0, 0.05) is 6.20 Å². The minimum absolute atomic E-state index is 0.302. The average Bonchev–Trinajstić information content (AvgIpc) is 2.40. The zero-order valence-electron chi connectivity index (χ0n) is 5.37. The van der Waals surface area contributed by atoms with Crippen LogP contribution in [0.25, 0.3) is 10.3 Å². The van der Waals surface area contributed by atoms with Gasteiger partial charge in [-0.15, -0.1) is 0 Å². The standard InChI is InChI=1S/C5H4N4OS/c6-3(10)5-8-2-1-7-9-4(2)11-5/h1H,(H2,6,10)(H,7,9). The fourth-order valence-corrected chi connectivity index (χ4v) is 1.49. The summed E-state index contributed by atoms with van der Waals surface area (Å²) in [6, 6.07) is 0. The SMILES string of the molecule is NC(=O)c1nc2c[nH]nc2s1. The molecule has 0 saturated carbocycles. The van der Waals surface area contributed by atoms with Crippen molar-refractivity contribution in [1.29, 1.82) is 0 Å². The molecule has 0 fully saturated rings. The van der Waals surface area contributed by atoms with E-state index in [0.29, 0.717) is 15.4 Å². The summed E-state index contributed by atoms with van der Waals surface area (Å²) in [6.45, 7) is 0. The van der Waals surface area contributed by atoms with E-state index >= 15 is 0 Å². The van der Waals surface area contributed by atoms with Crippen LogP contribution in [0.4, 0.5) is 0 Å². The van der Waals surface area contributed by atoms with E-state index in [1.165, 1.54) is 11.3 Å². The van der Waals surface area contributed by atoms with Crippen molar-refractivity contribution in [3.05, 3.63) is 11.2 Å². The van der Waals surface area contributed by atoms with Gasteiger partial charge in [0.05, 0.1) is 0 Å². The number of hydrogen-bond donors (Lipinski definition) is 2. The average molecular weight is 168 g/mol. The molecule has 0 aliphatic rings. The number of nitrogens with zero attached hydrogens (tertiary/aromatic N) is 2. The van der Waals surface area contributed by atoms with E-state index in [0.717, 1.165) is 0 Å². The van der Waals surface area contributed by atoms with Crippen molar-refractivity contribution in [3.63, 3.8) is 0 Å². The predicted molar refractivity (Wildman–Crippen MR) is 40.3 cm³/mol. The van der Waals surface area contributed by atoms with E-state index in [-0.39, 0.29) is 0 Å². The molecule has 0 spiro atoms. The summed E-state index contributed by atoms with van der Waals surface area (Å²) >= 11 is 1.18. The number of carbonyl (C=O) groups is 1. The Morgan fingerprint density at radius 2 is 2.55 bits per heavy atom. The smallest absolute Gasteiger partial charge is 0.277 e. The van der Waals surface area contributed by atoms with Gasteiger partial charge in [-0.1, -0.05) is 11.3 Å². The molecule has 56 valence electrons.